The van der Waals surface area contributed by atoms with Crippen molar-refractivity contribution in [3.63, 3.8) is 0 Å². The van der Waals surface area contributed by atoms with Gasteiger partial charge in [-0.15, -0.1) is 0 Å². The maximum atomic E-state index is 13.0. The number of piperidine rings is 2. The summed E-state index contributed by atoms with van der Waals surface area (Å²) in [4.78, 5) is 65.8. The first kappa shape index (κ1) is 54.1. The van der Waals surface area contributed by atoms with Gasteiger partial charge in [0.25, 0.3) is 0 Å². The molecule has 2 fully saturated rings. The first-order valence-electron chi connectivity index (χ1n) is 21.6. The van der Waals surface area contributed by atoms with Crippen LogP contribution in [0.4, 0.5) is 36.8 Å². The van der Waals surface area contributed by atoms with Crippen LogP contribution in [-0.2, 0) is 18.9 Å². The lowest BCUT2D eigenvalue weighted by Gasteiger charge is -2.40. The molecule has 2 saturated heterocycles. The Hall–Kier alpha value is -4.96. The number of nitrogens with one attached hydrogen (secondary N) is 5. The molecule has 1 aromatic heterocycles. The van der Waals surface area contributed by atoms with Gasteiger partial charge < -0.3 is 55.3 Å². The number of ether oxygens (including phenoxy) is 4. The summed E-state index contributed by atoms with van der Waals surface area (Å²) in [6.07, 6.45) is 4.18. The maximum Gasteiger partial charge on any atom is 0.407 e. The summed E-state index contributed by atoms with van der Waals surface area (Å²) in [7, 11) is 0. The number of hydrogen-bond acceptors (Lipinski definition) is 13. The minimum absolute atomic E-state index is 0.297. The number of alkyl carbamates (subject to hydrolysis) is 4. The summed E-state index contributed by atoms with van der Waals surface area (Å²) in [5.74, 6) is 1.29. The van der Waals surface area contributed by atoms with Crippen LogP contribution in [0.1, 0.15) is 137 Å². The number of anilines is 3. The highest BCUT2D eigenvalue weighted by Crippen LogP contribution is 2.28. The highest BCUT2D eigenvalue weighted by molar-refractivity contribution is 5.71. The standard InChI is InChI=1S/C40H67N9O8.2C2H6/c1-15-17-25(16-2)41-30-20-31(48-21-26(42-33(50)54-37(3,4)5)18-27(22-48)43-34(51)55-38(6,7)8)47-32(46-30)49-23-28(44-35(52)56-39(9,10)11)19-29(24-49)45-36(53)57-40(12,13)14;2*1-2/h15-17,20,26-29H,18-19,21-24H2,1-14H3,(H,42,50)(H,43,51)(H,44,52)(H,45,53)(H,41,46,47);2*1-2H3/b17-15-,25-16+;;. The van der Waals surface area contributed by atoms with Crippen molar-refractivity contribution in [2.45, 2.75) is 184 Å². The fourth-order valence-electron chi connectivity index (χ4n) is 6.19. The topological polar surface area (TPSA) is 198 Å². The van der Waals surface area contributed by atoms with Crippen LogP contribution < -0.4 is 36.4 Å². The molecule has 17 heteroatoms. The summed E-state index contributed by atoms with van der Waals surface area (Å²) < 4.78 is 22.3. The molecule has 0 bridgehead atoms. The minimum atomic E-state index is -0.719. The summed E-state index contributed by atoms with van der Waals surface area (Å²) in [5, 5.41) is 15.2. The Morgan fingerprint density at radius 2 is 0.902 bits per heavy atom. The molecule has 4 atom stereocenters. The van der Waals surface area contributed by atoms with Crippen LogP contribution in [-0.4, -0.2) is 107 Å². The fourth-order valence-corrected chi connectivity index (χ4v) is 6.19. The number of hydrogen-bond donors (Lipinski definition) is 5. The van der Waals surface area contributed by atoms with E-state index in [4.69, 9.17) is 28.9 Å². The molecule has 5 N–H and O–H groups in total. The second-order valence-electron chi connectivity index (χ2n) is 18.4. The van der Waals surface area contributed by atoms with Crippen molar-refractivity contribution in [3.05, 3.63) is 30.0 Å². The first-order chi connectivity index (χ1) is 28.2. The second kappa shape index (κ2) is 23.9. The van der Waals surface area contributed by atoms with Gasteiger partial charge in [0.2, 0.25) is 5.95 Å². The van der Waals surface area contributed by atoms with E-state index in [1.54, 1.807) is 89.2 Å². The Morgan fingerprint density at radius 3 is 1.20 bits per heavy atom. The molecule has 4 amide bonds. The number of aromatic nitrogens is 2. The van der Waals surface area contributed by atoms with E-state index in [1.165, 1.54) is 0 Å². The quantitative estimate of drug-likeness (QED) is 0.117. The van der Waals surface area contributed by atoms with Crippen LogP contribution in [0.5, 0.6) is 0 Å². The highest BCUT2D eigenvalue weighted by atomic mass is 16.6. The molecule has 2 aliphatic rings. The average molecular weight is 862 g/mol. The largest absolute Gasteiger partial charge is 0.444 e. The second-order valence-corrected chi connectivity index (χ2v) is 18.4. The molecule has 348 valence electrons. The van der Waals surface area contributed by atoms with E-state index >= 15 is 0 Å². The summed E-state index contributed by atoms with van der Waals surface area (Å²) >= 11 is 0. The smallest absolute Gasteiger partial charge is 0.407 e. The molecule has 2 aliphatic heterocycles. The van der Waals surface area contributed by atoms with E-state index in [0.717, 1.165) is 5.70 Å². The number of amides is 4. The zero-order chi connectivity index (χ0) is 46.9. The van der Waals surface area contributed by atoms with Gasteiger partial charge in [0.1, 0.15) is 34.0 Å². The molecular weight excluding hydrogens is 783 g/mol. The van der Waals surface area contributed by atoms with Crippen molar-refractivity contribution < 1.29 is 38.1 Å². The van der Waals surface area contributed by atoms with Gasteiger partial charge >= 0.3 is 24.4 Å². The molecule has 3 rings (SSSR count). The third-order valence-electron chi connectivity index (χ3n) is 8.02. The third-order valence-corrected chi connectivity index (χ3v) is 8.02. The molecule has 0 radical (unpaired) electrons. The number of nitrogens with zero attached hydrogens (tertiary/aromatic N) is 4. The van der Waals surface area contributed by atoms with E-state index < -0.39 is 70.9 Å². The number of allylic oxidation sites excluding steroid dienone is 3. The van der Waals surface area contributed by atoms with Gasteiger partial charge in [-0.3, -0.25) is 0 Å². The monoisotopic (exact) mass is 862 g/mol. The number of carbonyl (C=O) groups excluding carboxylic acids is 4. The lowest BCUT2D eigenvalue weighted by Crippen LogP contribution is -2.59. The minimum Gasteiger partial charge on any atom is -0.444 e. The van der Waals surface area contributed by atoms with Gasteiger partial charge in [-0.25, -0.2) is 19.2 Å². The van der Waals surface area contributed by atoms with Gasteiger partial charge in [-0.2, -0.15) is 9.97 Å². The predicted molar refractivity (Wildman–Crippen MR) is 243 cm³/mol. The van der Waals surface area contributed by atoms with Gasteiger partial charge in [-0.05, 0) is 116 Å². The molecule has 0 spiro atoms. The van der Waals surface area contributed by atoms with Gasteiger partial charge in [0, 0.05) is 37.9 Å². The molecule has 4 unspecified atom stereocenters. The Kier molecular flexibility index (Phi) is 21.2. The van der Waals surface area contributed by atoms with Crippen LogP contribution >= 0.6 is 0 Å². The lowest BCUT2D eigenvalue weighted by molar-refractivity contribution is 0.0452. The van der Waals surface area contributed by atoms with Gasteiger partial charge in [0.15, 0.2) is 0 Å². The predicted octanol–water partition coefficient (Wildman–Crippen LogP) is 8.41. The van der Waals surface area contributed by atoms with Crippen LogP contribution in [0, 0.1) is 0 Å². The Labute approximate surface area is 365 Å². The molecule has 0 saturated carbocycles. The van der Waals surface area contributed by atoms with Crippen LogP contribution in [0.25, 0.3) is 0 Å². The number of carbonyl (C=O) groups is 4. The Bertz CT molecular complexity index is 1450. The van der Waals surface area contributed by atoms with Gasteiger partial charge in [0.05, 0.1) is 24.2 Å². The van der Waals surface area contributed by atoms with Crippen molar-refractivity contribution in [2.75, 3.05) is 41.3 Å². The van der Waals surface area contributed by atoms with Crippen molar-refractivity contribution in [3.8, 4) is 0 Å². The van der Waals surface area contributed by atoms with E-state index in [-0.39, 0.29) is 0 Å². The average Bonchev–Trinajstić information content (AvgIpc) is 3.09. The molecule has 3 heterocycles. The third kappa shape index (κ3) is 21.9. The Balaban J connectivity index is 0.00000451. The van der Waals surface area contributed by atoms with Crippen LogP contribution in [0.2, 0.25) is 0 Å². The molecule has 0 aromatic carbocycles. The summed E-state index contributed by atoms with van der Waals surface area (Å²) in [5.41, 5.74) is -2.08. The van der Waals surface area contributed by atoms with Crippen molar-refractivity contribution in [1.82, 2.24) is 31.2 Å². The zero-order valence-electron chi connectivity index (χ0n) is 40.4. The van der Waals surface area contributed by atoms with Crippen molar-refractivity contribution in [2.24, 2.45) is 0 Å². The highest BCUT2D eigenvalue weighted by Gasteiger charge is 2.36. The van der Waals surface area contributed by atoms with Crippen molar-refractivity contribution in [1.29, 1.82) is 0 Å². The zero-order valence-corrected chi connectivity index (χ0v) is 40.4. The Morgan fingerprint density at radius 1 is 0.574 bits per heavy atom. The molecule has 0 aliphatic carbocycles. The molecule has 61 heavy (non-hydrogen) atoms. The first-order valence-corrected chi connectivity index (χ1v) is 21.6. The number of rotatable bonds is 9. The van der Waals surface area contributed by atoms with E-state index in [9.17, 15) is 19.2 Å². The lowest BCUT2D eigenvalue weighted by atomic mass is 10.0. The van der Waals surface area contributed by atoms with Crippen LogP contribution in [0.15, 0.2) is 30.0 Å². The van der Waals surface area contributed by atoms with E-state index in [0.29, 0.717) is 56.6 Å². The molecule has 17 nitrogen and oxygen atoms in total. The van der Waals surface area contributed by atoms with E-state index in [1.807, 2.05) is 69.6 Å². The van der Waals surface area contributed by atoms with Crippen LogP contribution in [0.3, 0.4) is 0 Å². The SMILES string of the molecule is C/C=C\C(=C/C)Nc1cc(N2CC(NC(=O)OC(C)(C)C)CC(NC(=O)OC(C)(C)C)C2)nc(N2CC(NC(=O)OC(C)(C)C)CC(NC(=O)OC(C)(C)C)C2)n1.CC.CC. The summed E-state index contributed by atoms with van der Waals surface area (Å²) in [6.45, 7) is 34.5. The van der Waals surface area contributed by atoms with E-state index in [2.05, 4.69) is 26.6 Å². The molecular formula is C44H79N9O8. The maximum absolute atomic E-state index is 13.0. The van der Waals surface area contributed by atoms with Crippen molar-refractivity contribution >= 4 is 42.0 Å². The summed E-state index contributed by atoms with van der Waals surface area (Å²) in [6, 6.07) is -0.0277. The van der Waals surface area contributed by atoms with Gasteiger partial charge in [-0.1, -0.05) is 39.8 Å². The molecule has 1 aromatic rings. The normalized spacial score (nSPS) is 19.8. The fraction of sp³-hybridized carbons (Fsp3) is 0.727.